The van der Waals surface area contributed by atoms with Gasteiger partial charge in [0.1, 0.15) is 0 Å². The van der Waals surface area contributed by atoms with E-state index >= 15 is 0 Å². The number of benzene rings is 2. The van der Waals surface area contributed by atoms with Crippen molar-refractivity contribution >= 4 is 38.3 Å². The maximum absolute atomic E-state index is 12.8. The van der Waals surface area contributed by atoms with Crippen LogP contribution >= 0.6 is 8.58 Å². The van der Waals surface area contributed by atoms with Crippen LogP contribution in [0.15, 0.2) is 24.3 Å². The number of hydrogen-bond donors (Lipinski definition) is 0. The summed E-state index contributed by atoms with van der Waals surface area (Å²) in [6, 6.07) is 8.52. The molecule has 0 aliphatic heterocycles. The van der Waals surface area contributed by atoms with Crippen LogP contribution in [0.2, 0.25) is 0 Å². The minimum absolute atomic E-state index is 0. The second kappa shape index (κ2) is 7.61. The van der Waals surface area contributed by atoms with Gasteiger partial charge in [0, 0.05) is 24.4 Å². The Morgan fingerprint density at radius 1 is 0.727 bits per heavy atom. The molecule has 2 aromatic rings. The van der Waals surface area contributed by atoms with Gasteiger partial charge in [-0.2, -0.15) is 0 Å². The summed E-state index contributed by atoms with van der Waals surface area (Å²) in [5.41, 5.74) is 8.25. The third-order valence-corrected chi connectivity index (χ3v) is 5.34. The standard InChI is InChI=1S/C19H23OP.Li/c1-11-7-13(3)17(14(4)8-11)19(20)21-18-15(5)9-12(2)10-16(18)6;/h7-10,21H,1-6H3;. The van der Waals surface area contributed by atoms with Crippen LogP contribution in [0.4, 0.5) is 0 Å². The summed E-state index contributed by atoms with van der Waals surface area (Å²) in [5.74, 6) is 0. The Hall–Kier alpha value is -0.863. The number of rotatable bonds is 3. The van der Waals surface area contributed by atoms with Crippen molar-refractivity contribution in [2.75, 3.05) is 0 Å². The van der Waals surface area contributed by atoms with Gasteiger partial charge in [-0.05, 0) is 77.7 Å². The van der Waals surface area contributed by atoms with Crippen LogP contribution in [0, 0.1) is 41.5 Å². The molecule has 0 N–H and O–H groups in total. The second-order valence-corrected chi connectivity index (χ2v) is 7.21. The zero-order valence-corrected chi connectivity index (χ0v) is 15.7. The predicted octanol–water partition coefficient (Wildman–Crippen LogP) is 4.30. The molecule has 0 aliphatic carbocycles. The summed E-state index contributed by atoms with van der Waals surface area (Å²) < 4.78 is 0. The first-order chi connectivity index (χ1) is 9.79. The maximum atomic E-state index is 12.8. The Bertz CT molecular complexity index is 673. The van der Waals surface area contributed by atoms with Crippen LogP contribution in [0.1, 0.15) is 43.7 Å². The van der Waals surface area contributed by atoms with E-state index in [0.29, 0.717) is 0 Å². The van der Waals surface area contributed by atoms with Crippen LogP contribution in [-0.2, 0) is 0 Å². The molecule has 0 amide bonds. The monoisotopic (exact) mass is 305 g/mol. The number of carbonyl (C=O) groups is 1. The topological polar surface area (TPSA) is 17.1 Å². The van der Waals surface area contributed by atoms with Crippen molar-refractivity contribution in [1.29, 1.82) is 0 Å². The largest absolute Gasteiger partial charge is 0.289 e. The first-order valence-corrected chi connectivity index (χ1v) is 8.26. The Kier molecular flexibility index (Phi) is 6.63. The van der Waals surface area contributed by atoms with Gasteiger partial charge in [-0.3, -0.25) is 4.79 Å². The molecule has 0 saturated heterocycles. The van der Waals surface area contributed by atoms with Gasteiger partial charge in [0.05, 0.1) is 0 Å². The first-order valence-electron chi connectivity index (χ1n) is 7.26. The third kappa shape index (κ3) is 4.11. The summed E-state index contributed by atoms with van der Waals surface area (Å²) >= 11 is 0. The average molecular weight is 305 g/mol. The third-order valence-electron chi connectivity index (χ3n) is 3.82. The molecule has 0 aromatic heterocycles. The fraction of sp³-hybridized carbons (Fsp3) is 0.316. The van der Waals surface area contributed by atoms with E-state index in [4.69, 9.17) is 0 Å². The van der Waals surface area contributed by atoms with Crippen LogP contribution in [0.5, 0.6) is 0 Å². The molecule has 0 fully saturated rings. The number of aryl methyl sites for hydroxylation is 6. The van der Waals surface area contributed by atoms with Gasteiger partial charge in [0.15, 0.2) is 5.52 Å². The van der Waals surface area contributed by atoms with Crippen molar-refractivity contribution in [2.24, 2.45) is 0 Å². The smallest absolute Gasteiger partial charge is 0.186 e. The molecule has 1 atom stereocenters. The molecule has 0 aliphatic rings. The van der Waals surface area contributed by atoms with Crippen LogP contribution in [-0.4, -0.2) is 24.4 Å². The normalized spacial score (nSPS) is 10.8. The second-order valence-electron chi connectivity index (χ2n) is 6.00. The zero-order chi connectivity index (χ0) is 15.7. The number of carbonyl (C=O) groups excluding carboxylic acids is 1. The molecule has 0 spiro atoms. The fourth-order valence-corrected chi connectivity index (χ4v) is 4.38. The molecular formula is C19H23LiOP. The summed E-state index contributed by atoms with van der Waals surface area (Å²) in [7, 11) is 0.200. The van der Waals surface area contributed by atoms with E-state index in [0.717, 1.165) is 16.7 Å². The predicted molar refractivity (Wildman–Crippen MR) is 99.3 cm³/mol. The van der Waals surface area contributed by atoms with E-state index in [9.17, 15) is 4.79 Å². The average Bonchev–Trinajstić information content (AvgIpc) is 2.32. The minimum Gasteiger partial charge on any atom is -0.289 e. The van der Waals surface area contributed by atoms with Crippen molar-refractivity contribution in [2.45, 2.75) is 41.5 Å². The van der Waals surface area contributed by atoms with E-state index in [1.54, 1.807) is 0 Å². The SMILES string of the molecule is Cc1cc(C)c(PC(=O)c2c(C)cc(C)cc2C)c(C)c1.[Li]. The van der Waals surface area contributed by atoms with E-state index in [1.807, 2.05) is 13.8 Å². The summed E-state index contributed by atoms with van der Waals surface area (Å²) in [5, 5.41) is 1.20. The van der Waals surface area contributed by atoms with Crippen molar-refractivity contribution < 1.29 is 4.79 Å². The minimum atomic E-state index is 0. The maximum Gasteiger partial charge on any atom is 0.186 e. The van der Waals surface area contributed by atoms with Gasteiger partial charge in [0.25, 0.3) is 0 Å². The van der Waals surface area contributed by atoms with E-state index < -0.39 is 0 Å². The molecule has 22 heavy (non-hydrogen) atoms. The molecule has 2 aromatic carbocycles. The Labute approximate surface area is 147 Å². The molecule has 1 unspecified atom stereocenters. The van der Waals surface area contributed by atoms with Gasteiger partial charge in [-0.15, -0.1) is 0 Å². The molecule has 0 heterocycles. The van der Waals surface area contributed by atoms with Gasteiger partial charge in [-0.25, -0.2) is 0 Å². The van der Waals surface area contributed by atoms with Gasteiger partial charge < -0.3 is 0 Å². The van der Waals surface area contributed by atoms with Crippen molar-refractivity contribution in [3.63, 3.8) is 0 Å². The first kappa shape index (κ1) is 19.2. The van der Waals surface area contributed by atoms with Crippen LogP contribution in [0.3, 0.4) is 0 Å². The Morgan fingerprint density at radius 2 is 1.09 bits per heavy atom. The molecule has 1 nitrogen and oxygen atoms in total. The van der Waals surface area contributed by atoms with Crippen molar-refractivity contribution in [3.8, 4) is 0 Å². The molecule has 2 rings (SSSR count). The van der Waals surface area contributed by atoms with E-state index in [2.05, 4.69) is 52.0 Å². The Morgan fingerprint density at radius 3 is 1.50 bits per heavy atom. The van der Waals surface area contributed by atoms with Crippen LogP contribution < -0.4 is 5.30 Å². The molecule has 3 heteroatoms. The molecule has 111 valence electrons. The van der Waals surface area contributed by atoms with Gasteiger partial charge in [0.2, 0.25) is 0 Å². The quantitative estimate of drug-likeness (QED) is 0.610. The zero-order valence-electron chi connectivity index (χ0n) is 14.7. The van der Waals surface area contributed by atoms with Crippen molar-refractivity contribution in [3.05, 3.63) is 63.2 Å². The summed E-state index contributed by atoms with van der Waals surface area (Å²) in [4.78, 5) is 12.8. The van der Waals surface area contributed by atoms with Gasteiger partial charge in [-0.1, -0.05) is 35.4 Å². The molecule has 0 bridgehead atoms. The summed E-state index contributed by atoms with van der Waals surface area (Å²) in [6.45, 7) is 12.4. The van der Waals surface area contributed by atoms with Crippen LogP contribution in [0.25, 0.3) is 0 Å². The van der Waals surface area contributed by atoms with E-state index in [1.165, 1.54) is 27.6 Å². The molecule has 1 radical (unpaired) electrons. The van der Waals surface area contributed by atoms with Gasteiger partial charge >= 0.3 is 0 Å². The molecular weight excluding hydrogens is 282 g/mol. The van der Waals surface area contributed by atoms with Crippen molar-refractivity contribution in [1.82, 2.24) is 0 Å². The Balaban J connectivity index is 0.00000242. The molecule has 0 saturated carbocycles. The number of hydrogen-bond acceptors (Lipinski definition) is 1. The fourth-order valence-electron chi connectivity index (χ4n) is 3.09. The van der Waals surface area contributed by atoms with E-state index in [-0.39, 0.29) is 33.0 Å². The summed E-state index contributed by atoms with van der Waals surface area (Å²) in [6.07, 6.45) is 0.